The van der Waals surface area contributed by atoms with E-state index in [1.165, 1.54) is 7.11 Å². The molecule has 2 aromatic carbocycles. The van der Waals surface area contributed by atoms with Crippen LogP contribution in [0.3, 0.4) is 0 Å². The number of anilines is 1. The van der Waals surface area contributed by atoms with Gasteiger partial charge in [0.25, 0.3) is 0 Å². The smallest absolute Gasteiger partial charge is 0.337 e. The molecule has 1 amide bonds. The zero-order valence-electron chi connectivity index (χ0n) is 16.5. The molecule has 1 aliphatic heterocycles. The number of methoxy groups -OCH3 is 1. The van der Waals surface area contributed by atoms with Gasteiger partial charge in [-0.3, -0.25) is 9.69 Å². The molecule has 3 rings (SSSR count). The lowest BCUT2D eigenvalue weighted by Crippen LogP contribution is -2.37. The van der Waals surface area contributed by atoms with E-state index in [2.05, 4.69) is 10.2 Å². The van der Waals surface area contributed by atoms with Crippen LogP contribution in [0, 0.1) is 12.8 Å². The van der Waals surface area contributed by atoms with E-state index in [0.717, 1.165) is 43.6 Å². The molecule has 0 saturated carbocycles. The number of carbonyl (C=O) groups excluding carboxylic acids is 2. The number of rotatable bonds is 5. The highest BCUT2D eigenvalue weighted by Gasteiger charge is 2.26. The summed E-state index contributed by atoms with van der Waals surface area (Å²) in [5.41, 5.74) is 3.01. The van der Waals surface area contributed by atoms with Crippen molar-refractivity contribution in [3.8, 4) is 0 Å². The summed E-state index contributed by atoms with van der Waals surface area (Å²) < 4.78 is 4.75. The third kappa shape index (κ3) is 5.50. The van der Waals surface area contributed by atoms with Crippen LogP contribution in [0.4, 0.5) is 5.69 Å². The molecule has 0 atom stereocenters. The van der Waals surface area contributed by atoms with Crippen LogP contribution in [-0.4, -0.2) is 37.0 Å². The van der Waals surface area contributed by atoms with Gasteiger partial charge in [0.1, 0.15) is 0 Å². The first-order valence-electron chi connectivity index (χ1n) is 9.53. The Morgan fingerprint density at radius 1 is 1.14 bits per heavy atom. The van der Waals surface area contributed by atoms with Crippen LogP contribution in [0.2, 0.25) is 10.0 Å². The molecule has 0 radical (unpaired) electrons. The molecule has 2 aromatic rings. The van der Waals surface area contributed by atoms with Gasteiger partial charge in [-0.2, -0.15) is 0 Å². The number of aryl methyl sites for hydroxylation is 1. The summed E-state index contributed by atoms with van der Waals surface area (Å²) in [5, 5.41) is 4.27. The normalized spacial score (nSPS) is 15.2. The van der Waals surface area contributed by atoms with Crippen molar-refractivity contribution in [3.63, 3.8) is 0 Å². The van der Waals surface area contributed by atoms with Crippen LogP contribution in [0.15, 0.2) is 36.4 Å². The Bertz CT molecular complexity index is 909. The Morgan fingerprint density at radius 2 is 1.86 bits per heavy atom. The Balaban J connectivity index is 1.57. The predicted molar refractivity (Wildman–Crippen MR) is 116 cm³/mol. The van der Waals surface area contributed by atoms with Gasteiger partial charge in [0.15, 0.2) is 0 Å². The summed E-state index contributed by atoms with van der Waals surface area (Å²) in [5.74, 6) is -0.498. The summed E-state index contributed by atoms with van der Waals surface area (Å²) in [6.07, 6.45) is 1.54. The third-order valence-corrected chi connectivity index (χ3v) is 5.87. The van der Waals surface area contributed by atoms with E-state index in [1.807, 2.05) is 19.1 Å². The third-order valence-electron chi connectivity index (χ3n) is 5.28. The average molecular weight is 435 g/mol. The molecule has 0 aromatic heterocycles. The lowest BCUT2D eigenvalue weighted by atomic mass is 9.95. The van der Waals surface area contributed by atoms with E-state index in [9.17, 15) is 9.59 Å². The summed E-state index contributed by atoms with van der Waals surface area (Å²) >= 11 is 12.2. The van der Waals surface area contributed by atoms with E-state index < -0.39 is 5.97 Å². The van der Waals surface area contributed by atoms with Crippen LogP contribution < -0.4 is 5.32 Å². The van der Waals surface area contributed by atoms with Crippen LogP contribution in [0.1, 0.15) is 34.3 Å². The number of carbonyl (C=O) groups is 2. The molecule has 1 N–H and O–H groups in total. The fourth-order valence-corrected chi connectivity index (χ4v) is 3.95. The number of halogens is 2. The largest absolute Gasteiger partial charge is 0.465 e. The summed E-state index contributed by atoms with van der Waals surface area (Å²) in [4.78, 5) is 26.8. The van der Waals surface area contributed by atoms with Crippen LogP contribution in [-0.2, 0) is 16.1 Å². The fraction of sp³-hybridized carbons (Fsp3) is 0.364. The molecule has 1 heterocycles. The van der Waals surface area contributed by atoms with Gasteiger partial charge < -0.3 is 10.1 Å². The summed E-state index contributed by atoms with van der Waals surface area (Å²) in [6, 6.07) is 10.7. The van der Waals surface area contributed by atoms with Crippen molar-refractivity contribution in [3.05, 3.63) is 63.1 Å². The number of hydrogen-bond donors (Lipinski definition) is 1. The van der Waals surface area contributed by atoms with Crippen LogP contribution in [0.25, 0.3) is 0 Å². The van der Waals surface area contributed by atoms with E-state index in [-0.39, 0.29) is 11.8 Å². The number of nitrogens with one attached hydrogen (secondary N) is 1. The van der Waals surface area contributed by atoms with Crippen molar-refractivity contribution in [2.75, 3.05) is 25.5 Å². The van der Waals surface area contributed by atoms with Crippen molar-refractivity contribution < 1.29 is 14.3 Å². The molecule has 0 bridgehead atoms. The number of ether oxygens (including phenoxy) is 1. The second kappa shape index (κ2) is 9.61. The molecule has 5 nitrogen and oxygen atoms in total. The lowest BCUT2D eigenvalue weighted by Gasteiger charge is -2.31. The van der Waals surface area contributed by atoms with E-state index in [4.69, 9.17) is 27.9 Å². The van der Waals surface area contributed by atoms with Crippen molar-refractivity contribution in [1.29, 1.82) is 0 Å². The minimum absolute atomic E-state index is 0.0145. The lowest BCUT2D eigenvalue weighted by molar-refractivity contribution is -0.121. The van der Waals surface area contributed by atoms with Crippen molar-refractivity contribution in [2.45, 2.75) is 26.3 Å². The molecular formula is C22H24Cl2N2O3. The zero-order valence-corrected chi connectivity index (χ0v) is 18.0. The van der Waals surface area contributed by atoms with Crippen molar-refractivity contribution in [2.24, 2.45) is 5.92 Å². The van der Waals surface area contributed by atoms with Crippen LogP contribution >= 0.6 is 23.2 Å². The SMILES string of the molecule is COC(=O)c1ccc(C)c(NC(=O)C2CCN(Cc3ccc(Cl)cc3Cl)CC2)c1. The highest BCUT2D eigenvalue weighted by atomic mass is 35.5. The highest BCUT2D eigenvalue weighted by molar-refractivity contribution is 6.35. The fourth-order valence-electron chi connectivity index (χ4n) is 3.48. The number of esters is 1. The van der Waals surface area contributed by atoms with Crippen LogP contribution in [0.5, 0.6) is 0 Å². The second-order valence-electron chi connectivity index (χ2n) is 7.30. The van der Waals surface area contributed by atoms with E-state index >= 15 is 0 Å². The molecule has 0 spiro atoms. The minimum Gasteiger partial charge on any atom is -0.465 e. The molecule has 1 saturated heterocycles. The molecule has 154 valence electrons. The molecule has 1 fully saturated rings. The quantitative estimate of drug-likeness (QED) is 0.676. The first kappa shape index (κ1) is 21.6. The monoisotopic (exact) mass is 434 g/mol. The van der Waals surface area contributed by atoms with Gasteiger partial charge in [-0.1, -0.05) is 35.3 Å². The number of benzene rings is 2. The Kier molecular flexibility index (Phi) is 7.17. The number of nitrogens with zero attached hydrogens (tertiary/aromatic N) is 1. The van der Waals surface area contributed by atoms with Gasteiger partial charge in [-0.25, -0.2) is 4.79 Å². The van der Waals surface area contributed by atoms with Gasteiger partial charge in [0.2, 0.25) is 5.91 Å². The molecule has 0 aliphatic carbocycles. The maximum atomic E-state index is 12.7. The summed E-state index contributed by atoms with van der Waals surface area (Å²) in [6.45, 7) is 4.27. The predicted octanol–water partition coefficient (Wildman–Crippen LogP) is 4.94. The number of hydrogen-bond acceptors (Lipinski definition) is 4. The Morgan fingerprint density at radius 3 is 2.52 bits per heavy atom. The Hall–Kier alpha value is -2.08. The number of amides is 1. The molecule has 7 heteroatoms. The number of piperidine rings is 1. The highest BCUT2D eigenvalue weighted by Crippen LogP contribution is 2.26. The van der Waals surface area contributed by atoms with Gasteiger partial charge in [0.05, 0.1) is 12.7 Å². The van der Waals surface area contributed by atoms with Gasteiger partial charge >= 0.3 is 5.97 Å². The topological polar surface area (TPSA) is 58.6 Å². The van der Waals surface area contributed by atoms with Crippen molar-refractivity contribution in [1.82, 2.24) is 4.90 Å². The standard InChI is InChI=1S/C22H24Cl2N2O3/c1-14-3-4-16(22(28)29-2)11-20(14)25-21(27)15-7-9-26(10-8-15)13-17-5-6-18(23)12-19(17)24/h3-6,11-12,15H,7-10,13H2,1-2H3,(H,25,27). The molecular weight excluding hydrogens is 411 g/mol. The van der Waals surface area contributed by atoms with Gasteiger partial charge in [-0.05, 0) is 68.2 Å². The maximum absolute atomic E-state index is 12.7. The van der Waals surface area contributed by atoms with E-state index in [0.29, 0.717) is 21.3 Å². The van der Waals surface area contributed by atoms with Gasteiger partial charge in [-0.15, -0.1) is 0 Å². The number of likely N-dealkylation sites (tertiary alicyclic amines) is 1. The average Bonchev–Trinajstić information content (AvgIpc) is 2.71. The Labute approximate surface area is 180 Å². The molecule has 1 aliphatic rings. The first-order chi connectivity index (χ1) is 13.9. The molecule has 0 unspecified atom stereocenters. The van der Waals surface area contributed by atoms with Gasteiger partial charge in [0, 0.05) is 28.2 Å². The minimum atomic E-state index is -0.422. The zero-order chi connectivity index (χ0) is 21.0. The van der Waals surface area contributed by atoms with E-state index in [1.54, 1.807) is 24.3 Å². The molecule has 29 heavy (non-hydrogen) atoms. The van der Waals surface area contributed by atoms with Crippen molar-refractivity contribution >= 4 is 40.8 Å². The second-order valence-corrected chi connectivity index (χ2v) is 8.14. The maximum Gasteiger partial charge on any atom is 0.337 e. The summed E-state index contributed by atoms with van der Waals surface area (Å²) in [7, 11) is 1.34. The first-order valence-corrected chi connectivity index (χ1v) is 10.3.